The van der Waals surface area contributed by atoms with Crippen LogP contribution in [0.3, 0.4) is 0 Å². The summed E-state index contributed by atoms with van der Waals surface area (Å²) in [5.74, 6) is -0.175. The number of nitrogens with two attached hydrogens (primary N) is 1. The van der Waals surface area contributed by atoms with Gasteiger partial charge in [0.2, 0.25) is 5.91 Å². The van der Waals surface area contributed by atoms with Crippen LogP contribution >= 0.6 is 0 Å². The zero-order valence-corrected chi connectivity index (χ0v) is 11.5. The van der Waals surface area contributed by atoms with Crippen LogP contribution in [0.5, 0.6) is 0 Å². The maximum Gasteiger partial charge on any atom is 0.241 e. The fourth-order valence-electron chi connectivity index (χ4n) is 1.90. The van der Waals surface area contributed by atoms with E-state index in [1.54, 1.807) is 17.1 Å². The molecular weight excluding hydrogens is 254 g/mol. The van der Waals surface area contributed by atoms with E-state index in [1.165, 1.54) is 0 Å². The molecule has 1 atom stereocenters. The number of nitrogens with one attached hydrogen (secondary N) is 1. The normalized spacial score (nSPS) is 12.1. The summed E-state index contributed by atoms with van der Waals surface area (Å²) in [5, 5.41) is 10.6. The number of amides is 1. The summed E-state index contributed by atoms with van der Waals surface area (Å²) in [6, 6.07) is 6.93. The number of nitrogens with zero attached hydrogens (tertiary/aromatic N) is 3. The van der Waals surface area contributed by atoms with Crippen molar-refractivity contribution in [3.05, 3.63) is 36.7 Å². The van der Waals surface area contributed by atoms with Gasteiger partial charge in [-0.15, -0.1) is 5.10 Å². The smallest absolute Gasteiger partial charge is 0.241 e. The minimum absolute atomic E-state index is 0.175. The molecular formula is C14H19N5O. The van der Waals surface area contributed by atoms with Crippen LogP contribution in [0, 0.1) is 0 Å². The summed E-state index contributed by atoms with van der Waals surface area (Å²) in [6.45, 7) is 2.07. The molecule has 0 radical (unpaired) electrons. The van der Waals surface area contributed by atoms with E-state index < -0.39 is 6.04 Å². The predicted molar refractivity (Wildman–Crippen MR) is 77.5 cm³/mol. The van der Waals surface area contributed by atoms with Crippen LogP contribution in [-0.2, 0) is 4.79 Å². The Balaban J connectivity index is 2.12. The van der Waals surface area contributed by atoms with Gasteiger partial charge in [0.25, 0.3) is 0 Å². The number of hydrogen-bond acceptors (Lipinski definition) is 4. The molecule has 1 heterocycles. The molecule has 2 rings (SSSR count). The third-order valence-electron chi connectivity index (χ3n) is 3.04. The van der Waals surface area contributed by atoms with Crippen LogP contribution in [0.4, 0.5) is 5.69 Å². The highest BCUT2D eigenvalue weighted by molar-refractivity contribution is 5.96. The van der Waals surface area contributed by atoms with Crippen molar-refractivity contribution in [3.8, 4) is 5.69 Å². The maximum atomic E-state index is 12.1. The van der Waals surface area contributed by atoms with Gasteiger partial charge in [0.05, 0.1) is 29.8 Å². The van der Waals surface area contributed by atoms with Crippen molar-refractivity contribution in [2.75, 3.05) is 5.32 Å². The summed E-state index contributed by atoms with van der Waals surface area (Å²) in [4.78, 5) is 12.1. The highest BCUT2D eigenvalue weighted by atomic mass is 16.2. The number of rotatable bonds is 6. The van der Waals surface area contributed by atoms with Crippen molar-refractivity contribution < 1.29 is 4.79 Å². The van der Waals surface area contributed by atoms with Gasteiger partial charge < -0.3 is 11.1 Å². The van der Waals surface area contributed by atoms with Crippen LogP contribution in [0.1, 0.15) is 26.2 Å². The number of benzene rings is 1. The molecule has 1 aromatic heterocycles. The SMILES string of the molecule is CCCCC(N)C(=O)Nc1ccccc1-n1ccnn1. The lowest BCUT2D eigenvalue weighted by Gasteiger charge is -2.14. The first-order valence-corrected chi connectivity index (χ1v) is 6.74. The molecule has 0 bridgehead atoms. The average Bonchev–Trinajstić information content (AvgIpc) is 2.99. The number of hydrogen-bond donors (Lipinski definition) is 2. The molecule has 0 aliphatic carbocycles. The van der Waals surface area contributed by atoms with Crippen LogP contribution in [-0.4, -0.2) is 26.9 Å². The summed E-state index contributed by atoms with van der Waals surface area (Å²) >= 11 is 0. The molecule has 0 aliphatic heterocycles. The van der Waals surface area contributed by atoms with Gasteiger partial charge in [-0.1, -0.05) is 37.1 Å². The maximum absolute atomic E-state index is 12.1. The topological polar surface area (TPSA) is 85.8 Å². The van der Waals surface area contributed by atoms with Crippen molar-refractivity contribution >= 4 is 11.6 Å². The second kappa shape index (κ2) is 6.81. The molecule has 6 heteroatoms. The number of anilines is 1. The molecule has 0 fully saturated rings. The quantitative estimate of drug-likeness (QED) is 0.839. The summed E-state index contributed by atoms with van der Waals surface area (Å²) < 4.78 is 1.60. The van der Waals surface area contributed by atoms with E-state index in [2.05, 4.69) is 22.6 Å². The van der Waals surface area contributed by atoms with E-state index in [1.807, 2.05) is 24.3 Å². The standard InChI is InChI=1S/C14H19N5O/c1-2-3-6-11(15)14(20)17-12-7-4-5-8-13(12)19-10-9-16-18-19/h4-5,7-11H,2-3,6,15H2,1H3,(H,17,20). The molecule has 0 spiro atoms. The average molecular weight is 273 g/mol. The Bertz CT molecular complexity index is 552. The van der Waals surface area contributed by atoms with E-state index >= 15 is 0 Å². The van der Waals surface area contributed by atoms with Gasteiger partial charge in [0.1, 0.15) is 0 Å². The first kappa shape index (κ1) is 14.2. The molecule has 0 saturated carbocycles. The van der Waals surface area contributed by atoms with Gasteiger partial charge in [-0.2, -0.15) is 0 Å². The zero-order valence-electron chi connectivity index (χ0n) is 11.5. The number of carbonyl (C=O) groups excluding carboxylic acids is 1. The summed E-state index contributed by atoms with van der Waals surface area (Å²) in [7, 11) is 0. The second-order valence-corrected chi connectivity index (χ2v) is 4.60. The van der Waals surface area contributed by atoms with E-state index in [0.29, 0.717) is 12.1 Å². The molecule has 6 nitrogen and oxygen atoms in total. The van der Waals surface area contributed by atoms with Crippen molar-refractivity contribution in [2.45, 2.75) is 32.2 Å². The Kier molecular flexibility index (Phi) is 4.84. The highest BCUT2D eigenvalue weighted by Gasteiger charge is 2.15. The lowest BCUT2D eigenvalue weighted by atomic mass is 10.1. The molecule has 0 saturated heterocycles. The predicted octanol–water partition coefficient (Wildman–Crippen LogP) is 1.72. The van der Waals surface area contributed by atoms with E-state index in [9.17, 15) is 4.79 Å². The fraction of sp³-hybridized carbons (Fsp3) is 0.357. The first-order valence-electron chi connectivity index (χ1n) is 6.74. The third-order valence-corrected chi connectivity index (χ3v) is 3.04. The van der Waals surface area contributed by atoms with Gasteiger partial charge in [-0.3, -0.25) is 4.79 Å². The van der Waals surface area contributed by atoms with Crippen molar-refractivity contribution in [2.24, 2.45) is 5.73 Å². The van der Waals surface area contributed by atoms with Gasteiger partial charge in [-0.05, 0) is 18.6 Å². The largest absolute Gasteiger partial charge is 0.323 e. The summed E-state index contributed by atoms with van der Waals surface area (Å²) in [5.41, 5.74) is 7.31. The van der Waals surface area contributed by atoms with E-state index in [4.69, 9.17) is 5.73 Å². The molecule has 3 N–H and O–H groups in total. The first-order chi connectivity index (χ1) is 9.72. The fourth-order valence-corrected chi connectivity index (χ4v) is 1.90. The van der Waals surface area contributed by atoms with Crippen LogP contribution in [0.2, 0.25) is 0 Å². The van der Waals surface area contributed by atoms with Gasteiger partial charge in [0, 0.05) is 0 Å². The number of para-hydroxylation sites is 2. The van der Waals surface area contributed by atoms with Gasteiger partial charge >= 0.3 is 0 Å². The molecule has 2 aromatic rings. The zero-order chi connectivity index (χ0) is 14.4. The highest BCUT2D eigenvalue weighted by Crippen LogP contribution is 2.19. The van der Waals surface area contributed by atoms with Crippen LogP contribution in [0.15, 0.2) is 36.7 Å². The molecule has 106 valence electrons. The summed E-state index contributed by atoms with van der Waals surface area (Å²) in [6.07, 6.45) is 5.97. The molecule has 1 unspecified atom stereocenters. The van der Waals surface area contributed by atoms with Gasteiger partial charge in [-0.25, -0.2) is 4.68 Å². The van der Waals surface area contributed by atoms with Crippen molar-refractivity contribution in [1.82, 2.24) is 15.0 Å². The van der Waals surface area contributed by atoms with E-state index in [-0.39, 0.29) is 5.91 Å². The number of aromatic nitrogens is 3. The van der Waals surface area contributed by atoms with Crippen molar-refractivity contribution in [3.63, 3.8) is 0 Å². The number of carbonyl (C=O) groups is 1. The van der Waals surface area contributed by atoms with E-state index in [0.717, 1.165) is 18.5 Å². The Morgan fingerprint density at radius 1 is 1.45 bits per heavy atom. The third kappa shape index (κ3) is 3.42. The lowest BCUT2D eigenvalue weighted by Crippen LogP contribution is -2.35. The Morgan fingerprint density at radius 3 is 2.95 bits per heavy atom. The molecule has 1 amide bonds. The number of unbranched alkanes of at least 4 members (excludes halogenated alkanes) is 1. The molecule has 1 aromatic carbocycles. The Morgan fingerprint density at radius 2 is 2.25 bits per heavy atom. The van der Waals surface area contributed by atoms with Crippen molar-refractivity contribution in [1.29, 1.82) is 0 Å². The van der Waals surface area contributed by atoms with Gasteiger partial charge in [0.15, 0.2) is 0 Å². The Hall–Kier alpha value is -2.21. The minimum atomic E-state index is -0.487. The monoisotopic (exact) mass is 273 g/mol. The van der Waals surface area contributed by atoms with Crippen LogP contribution < -0.4 is 11.1 Å². The lowest BCUT2D eigenvalue weighted by molar-refractivity contribution is -0.117. The Labute approximate surface area is 118 Å². The molecule has 0 aliphatic rings. The minimum Gasteiger partial charge on any atom is -0.323 e. The van der Waals surface area contributed by atoms with Crippen LogP contribution in [0.25, 0.3) is 5.69 Å². The second-order valence-electron chi connectivity index (χ2n) is 4.60. The molecule has 20 heavy (non-hydrogen) atoms.